The van der Waals surface area contributed by atoms with Crippen LogP contribution in [-0.4, -0.2) is 4.98 Å². The molecule has 0 spiro atoms. The van der Waals surface area contributed by atoms with Gasteiger partial charge in [-0.1, -0.05) is 55.8 Å². The number of aryl methyl sites for hydroxylation is 2. The fraction of sp³-hybridized carbons (Fsp3) is 0.261. The summed E-state index contributed by atoms with van der Waals surface area (Å²) in [6.45, 7) is 9.28. The van der Waals surface area contributed by atoms with Gasteiger partial charge in [-0.2, -0.15) is 0 Å². The van der Waals surface area contributed by atoms with Crippen molar-refractivity contribution in [2.45, 2.75) is 40.2 Å². The molecule has 3 nitrogen and oxygen atoms in total. The molecule has 0 fully saturated rings. The smallest absolute Gasteiger partial charge is 0.145 e. The number of nitrogens with one attached hydrogen (secondary N) is 1. The predicted molar refractivity (Wildman–Crippen MR) is 108 cm³/mol. The lowest BCUT2D eigenvalue weighted by atomic mass is 10.0. The molecule has 0 unspecified atom stereocenters. The third kappa shape index (κ3) is 4.63. The first-order valence-electron chi connectivity index (χ1n) is 9.05. The van der Waals surface area contributed by atoms with Crippen LogP contribution in [-0.2, 0) is 6.54 Å². The normalized spacial score (nSPS) is 10.8. The molecule has 0 aliphatic carbocycles. The van der Waals surface area contributed by atoms with Crippen LogP contribution in [0.1, 0.15) is 42.0 Å². The molecule has 1 N–H and O–H groups in total. The fourth-order valence-electron chi connectivity index (χ4n) is 2.66. The number of rotatable bonds is 6. The second-order valence-electron chi connectivity index (χ2n) is 7.00. The Balaban J connectivity index is 1.64. The largest absolute Gasteiger partial charge is 0.455 e. The SMILES string of the molecule is Cc1ccc(CNc2ccc(Oc3cc(C(C)C)ccc3C)cn2)cc1. The van der Waals surface area contributed by atoms with E-state index in [4.69, 9.17) is 4.74 Å². The van der Waals surface area contributed by atoms with E-state index in [1.54, 1.807) is 6.20 Å². The summed E-state index contributed by atoms with van der Waals surface area (Å²) in [6.07, 6.45) is 1.76. The average molecular weight is 346 g/mol. The zero-order valence-electron chi connectivity index (χ0n) is 15.9. The Labute approximate surface area is 156 Å². The molecule has 3 aromatic rings. The molecular weight excluding hydrogens is 320 g/mol. The summed E-state index contributed by atoms with van der Waals surface area (Å²) in [4.78, 5) is 4.46. The maximum Gasteiger partial charge on any atom is 0.145 e. The fourth-order valence-corrected chi connectivity index (χ4v) is 2.66. The molecule has 0 amide bonds. The highest BCUT2D eigenvalue weighted by atomic mass is 16.5. The Morgan fingerprint density at radius 2 is 1.73 bits per heavy atom. The molecule has 1 aromatic heterocycles. The van der Waals surface area contributed by atoms with Gasteiger partial charge in [-0.25, -0.2) is 4.98 Å². The van der Waals surface area contributed by atoms with Gasteiger partial charge >= 0.3 is 0 Å². The minimum absolute atomic E-state index is 0.476. The molecule has 3 heteroatoms. The van der Waals surface area contributed by atoms with Crippen LogP contribution in [0.15, 0.2) is 60.8 Å². The zero-order chi connectivity index (χ0) is 18.5. The summed E-state index contributed by atoms with van der Waals surface area (Å²) < 4.78 is 6.04. The van der Waals surface area contributed by atoms with Gasteiger partial charge in [0.05, 0.1) is 6.20 Å². The van der Waals surface area contributed by atoms with Gasteiger partial charge in [0.2, 0.25) is 0 Å². The molecule has 0 atom stereocenters. The molecule has 0 aliphatic heterocycles. The van der Waals surface area contributed by atoms with E-state index < -0.39 is 0 Å². The third-order valence-electron chi connectivity index (χ3n) is 4.44. The van der Waals surface area contributed by atoms with Crippen molar-refractivity contribution in [2.75, 3.05) is 5.32 Å². The predicted octanol–water partition coefficient (Wildman–Crippen LogP) is 6.23. The van der Waals surface area contributed by atoms with E-state index in [0.717, 1.165) is 29.4 Å². The van der Waals surface area contributed by atoms with E-state index >= 15 is 0 Å². The first kappa shape index (κ1) is 18.0. The van der Waals surface area contributed by atoms with Gasteiger partial charge in [-0.15, -0.1) is 0 Å². The highest BCUT2D eigenvalue weighted by Gasteiger charge is 2.06. The topological polar surface area (TPSA) is 34.1 Å². The van der Waals surface area contributed by atoms with E-state index in [-0.39, 0.29) is 0 Å². The van der Waals surface area contributed by atoms with Crippen LogP contribution in [0.25, 0.3) is 0 Å². The van der Waals surface area contributed by atoms with Gasteiger partial charge in [-0.05, 0) is 54.7 Å². The van der Waals surface area contributed by atoms with Crippen LogP contribution < -0.4 is 10.1 Å². The second kappa shape index (κ2) is 8.05. The molecular formula is C23H26N2O. The number of hydrogen-bond acceptors (Lipinski definition) is 3. The van der Waals surface area contributed by atoms with Crippen molar-refractivity contribution in [3.05, 3.63) is 83.0 Å². The molecule has 134 valence electrons. The summed E-state index contributed by atoms with van der Waals surface area (Å²) in [5, 5.41) is 3.34. The van der Waals surface area contributed by atoms with Crippen LogP contribution in [0.3, 0.4) is 0 Å². The van der Waals surface area contributed by atoms with Gasteiger partial charge in [0, 0.05) is 6.54 Å². The Morgan fingerprint density at radius 1 is 0.962 bits per heavy atom. The lowest BCUT2D eigenvalue weighted by Gasteiger charge is -2.13. The molecule has 26 heavy (non-hydrogen) atoms. The van der Waals surface area contributed by atoms with Gasteiger partial charge < -0.3 is 10.1 Å². The van der Waals surface area contributed by atoms with Crippen molar-refractivity contribution in [3.8, 4) is 11.5 Å². The van der Waals surface area contributed by atoms with Crippen molar-refractivity contribution in [2.24, 2.45) is 0 Å². The summed E-state index contributed by atoms with van der Waals surface area (Å²) in [5.74, 6) is 2.95. The Bertz CT molecular complexity index is 852. The van der Waals surface area contributed by atoms with E-state index in [0.29, 0.717) is 5.92 Å². The molecule has 1 heterocycles. The van der Waals surface area contributed by atoms with Crippen molar-refractivity contribution in [3.63, 3.8) is 0 Å². The number of nitrogens with zero attached hydrogens (tertiary/aromatic N) is 1. The number of anilines is 1. The van der Waals surface area contributed by atoms with E-state index in [1.807, 2.05) is 12.1 Å². The monoisotopic (exact) mass is 346 g/mol. The van der Waals surface area contributed by atoms with Gasteiger partial charge in [0.25, 0.3) is 0 Å². The van der Waals surface area contributed by atoms with Crippen LogP contribution in [0, 0.1) is 13.8 Å². The first-order valence-corrected chi connectivity index (χ1v) is 9.05. The van der Waals surface area contributed by atoms with E-state index in [1.165, 1.54) is 16.7 Å². The number of hydrogen-bond donors (Lipinski definition) is 1. The van der Waals surface area contributed by atoms with Crippen LogP contribution in [0.4, 0.5) is 5.82 Å². The van der Waals surface area contributed by atoms with Gasteiger partial charge in [0.15, 0.2) is 0 Å². The quantitative estimate of drug-likeness (QED) is 0.575. The number of pyridine rings is 1. The number of benzene rings is 2. The summed E-state index contributed by atoms with van der Waals surface area (Å²) in [5.41, 5.74) is 4.90. The number of ether oxygens (including phenoxy) is 1. The van der Waals surface area contributed by atoms with Crippen molar-refractivity contribution >= 4 is 5.82 Å². The molecule has 0 saturated heterocycles. The molecule has 0 saturated carbocycles. The van der Waals surface area contributed by atoms with Crippen LogP contribution in [0.5, 0.6) is 11.5 Å². The maximum absolute atomic E-state index is 6.04. The first-order chi connectivity index (χ1) is 12.5. The summed E-state index contributed by atoms with van der Waals surface area (Å²) in [7, 11) is 0. The average Bonchev–Trinajstić information content (AvgIpc) is 2.64. The van der Waals surface area contributed by atoms with Crippen molar-refractivity contribution in [1.82, 2.24) is 4.98 Å². The van der Waals surface area contributed by atoms with Crippen molar-refractivity contribution < 1.29 is 4.74 Å². The van der Waals surface area contributed by atoms with Crippen molar-refractivity contribution in [1.29, 1.82) is 0 Å². The zero-order valence-corrected chi connectivity index (χ0v) is 15.9. The maximum atomic E-state index is 6.04. The summed E-state index contributed by atoms with van der Waals surface area (Å²) >= 11 is 0. The Hall–Kier alpha value is -2.81. The minimum atomic E-state index is 0.476. The second-order valence-corrected chi connectivity index (χ2v) is 7.00. The minimum Gasteiger partial charge on any atom is -0.455 e. The van der Waals surface area contributed by atoms with Gasteiger partial charge in [-0.3, -0.25) is 0 Å². The number of aromatic nitrogens is 1. The molecule has 0 radical (unpaired) electrons. The van der Waals surface area contributed by atoms with Gasteiger partial charge in [0.1, 0.15) is 17.3 Å². The van der Waals surface area contributed by atoms with E-state index in [9.17, 15) is 0 Å². The molecule has 2 aromatic carbocycles. The lowest BCUT2D eigenvalue weighted by molar-refractivity contribution is 0.475. The van der Waals surface area contributed by atoms with Crippen LogP contribution >= 0.6 is 0 Å². The Kier molecular flexibility index (Phi) is 5.57. The van der Waals surface area contributed by atoms with Crippen LogP contribution in [0.2, 0.25) is 0 Å². The summed E-state index contributed by atoms with van der Waals surface area (Å²) in [6, 6.07) is 18.8. The molecule has 0 aliphatic rings. The lowest BCUT2D eigenvalue weighted by Crippen LogP contribution is -2.01. The molecule has 3 rings (SSSR count). The highest BCUT2D eigenvalue weighted by Crippen LogP contribution is 2.28. The Morgan fingerprint density at radius 3 is 2.38 bits per heavy atom. The highest BCUT2D eigenvalue weighted by molar-refractivity contribution is 5.43. The standard InChI is InChI=1S/C23H26N2O/c1-16(2)20-10-7-18(4)22(13-20)26-21-11-12-23(25-15-21)24-14-19-8-5-17(3)6-9-19/h5-13,15-16H,14H2,1-4H3,(H,24,25). The third-order valence-corrected chi connectivity index (χ3v) is 4.44. The van der Waals surface area contributed by atoms with E-state index in [2.05, 4.69) is 80.5 Å². The molecule has 0 bridgehead atoms.